The van der Waals surface area contributed by atoms with E-state index < -0.39 is 5.60 Å². The van der Waals surface area contributed by atoms with Crippen molar-refractivity contribution < 1.29 is 5.11 Å². The smallest absolute Gasteiger partial charge is 0.130 e. The summed E-state index contributed by atoms with van der Waals surface area (Å²) in [4.78, 5) is 0. The summed E-state index contributed by atoms with van der Waals surface area (Å²) in [5.41, 5.74) is 0.445. The van der Waals surface area contributed by atoms with E-state index in [0.29, 0.717) is 10.0 Å². The molecule has 0 aliphatic carbocycles. The molecule has 1 heterocycles. The van der Waals surface area contributed by atoms with Gasteiger partial charge in [-0.1, -0.05) is 47.5 Å². The molecule has 1 atom stereocenters. The van der Waals surface area contributed by atoms with E-state index in [1.54, 1.807) is 0 Å². The predicted octanol–water partition coefficient (Wildman–Crippen LogP) is 3.98. The fraction of sp³-hybridized carbons (Fsp3) is 0.294. The maximum Gasteiger partial charge on any atom is 0.130 e. The van der Waals surface area contributed by atoms with Gasteiger partial charge in [-0.2, -0.15) is 0 Å². The number of aliphatic hydroxyl groups is 1. The van der Waals surface area contributed by atoms with Crippen molar-refractivity contribution in [2.45, 2.75) is 24.5 Å². The van der Waals surface area contributed by atoms with Crippen LogP contribution in [0.4, 0.5) is 0 Å². The fourth-order valence-electron chi connectivity index (χ4n) is 3.06. The van der Waals surface area contributed by atoms with Crippen LogP contribution in [-0.2, 0) is 5.60 Å². The predicted molar refractivity (Wildman–Crippen MR) is 86.9 cm³/mol. The molecule has 2 aromatic carbocycles. The Hall–Kier alpha value is -1.06. The van der Waals surface area contributed by atoms with Gasteiger partial charge < -0.3 is 10.4 Å². The molecule has 1 fully saturated rings. The molecule has 21 heavy (non-hydrogen) atoms. The number of hydrogen-bond donors (Lipinski definition) is 2. The zero-order chi connectivity index (χ0) is 14.9. The van der Waals surface area contributed by atoms with Gasteiger partial charge in [0.15, 0.2) is 0 Å². The number of halogens is 2. The monoisotopic (exact) mass is 321 g/mol. The fourth-order valence-corrected chi connectivity index (χ4v) is 3.44. The molecule has 0 amide bonds. The van der Waals surface area contributed by atoms with Crippen molar-refractivity contribution in [1.29, 1.82) is 0 Å². The molecule has 3 rings (SSSR count). The summed E-state index contributed by atoms with van der Waals surface area (Å²) in [6.45, 7) is 0.911. The third-order valence-electron chi connectivity index (χ3n) is 4.09. The normalized spacial score (nSPS) is 18.9. The molecule has 0 aromatic heterocycles. The lowest BCUT2D eigenvalue weighted by atomic mass is 9.79. The minimum absolute atomic E-state index is 0.0468. The quantitative estimate of drug-likeness (QED) is 0.896. The molecule has 0 saturated carbocycles. The molecule has 2 nitrogen and oxygen atoms in total. The second-order valence-electron chi connectivity index (χ2n) is 5.44. The van der Waals surface area contributed by atoms with Crippen molar-refractivity contribution in [2.24, 2.45) is 0 Å². The van der Waals surface area contributed by atoms with Gasteiger partial charge >= 0.3 is 0 Å². The van der Waals surface area contributed by atoms with E-state index in [1.807, 2.05) is 48.5 Å². The highest BCUT2D eigenvalue weighted by Gasteiger charge is 2.41. The topological polar surface area (TPSA) is 32.3 Å². The van der Waals surface area contributed by atoms with E-state index in [1.165, 1.54) is 0 Å². The molecule has 1 unspecified atom stereocenters. The zero-order valence-electron chi connectivity index (χ0n) is 11.5. The number of benzene rings is 2. The first-order chi connectivity index (χ1) is 10.1. The van der Waals surface area contributed by atoms with Gasteiger partial charge in [0.25, 0.3) is 0 Å². The van der Waals surface area contributed by atoms with Gasteiger partial charge in [-0.3, -0.25) is 0 Å². The summed E-state index contributed by atoms with van der Waals surface area (Å²) in [5, 5.41) is 16.2. The Morgan fingerprint density at radius 3 is 2.00 bits per heavy atom. The Morgan fingerprint density at radius 1 is 1.00 bits per heavy atom. The van der Waals surface area contributed by atoms with Crippen molar-refractivity contribution in [3.63, 3.8) is 0 Å². The molecule has 1 aliphatic heterocycles. The first-order valence-corrected chi connectivity index (χ1v) is 7.84. The summed E-state index contributed by atoms with van der Waals surface area (Å²) >= 11 is 12.2. The van der Waals surface area contributed by atoms with E-state index in [9.17, 15) is 5.11 Å². The lowest BCUT2D eigenvalue weighted by Crippen LogP contribution is -2.46. The van der Waals surface area contributed by atoms with Crippen LogP contribution in [0.3, 0.4) is 0 Å². The van der Waals surface area contributed by atoms with Gasteiger partial charge in [-0.25, -0.2) is 0 Å². The van der Waals surface area contributed by atoms with Crippen LogP contribution >= 0.6 is 23.2 Å². The van der Waals surface area contributed by atoms with Crippen LogP contribution in [0.2, 0.25) is 10.0 Å². The number of nitrogens with one attached hydrogen (secondary N) is 1. The minimum Gasteiger partial charge on any atom is -0.379 e. The summed E-state index contributed by atoms with van der Waals surface area (Å²) < 4.78 is 0. The number of hydrogen-bond acceptors (Lipinski definition) is 2. The van der Waals surface area contributed by atoms with Crippen molar-refractivity contribution in [2.75, 3.05) is 6.54 Å². The summed E-state index contributed by atoms with van der Waals surface area (Å²) in [5.74, 6) is 0. The van der Waals surface area contributed by atoms with Crippen LogP contribution in [0, 0.1) is 0 Å². The molecule has 1 aliphatic rings. The van der Waals surface area contributed by atoms with E-state index in [0.717, 1.165) is 30.5 Å². The van der Waals surface area contributed by atoms with Gasteiger partial charge in [0.2, 0.25) is 0 Å². The highest BCUT2D eigenvalue weighted by molar-refractivity contribution is 6.31. The van der Waals surface area contributed by atoms with Crippen molar-refractivity contribution in [3.8, 4) is 0 Å². The van der Waals surface area contributed by atoms with E-state index in [-0.39, 0.29) is 6.04 Å². The molecule has 1 saturated heterocycles. The van der Waals surface area contributed by atoms with Gasteiger partial charge in [0.1, 0.15) is 5.60 Å². The Kier molecular flexibility index (Phi) is 4.23. The molecule has 0 spiro atoms. The maximum absolute atomic E-state index is 11.5. The van der Waals surface area contributed by atoms with E-state index >= 15 is 0 Å². The highest BCUT2D eigenvalue weighted by atomic mass is 35.5. The van der Waals surface area contributed by atoms with Gasteiger partial charge in [0.05, 0.1) is 0 Å². The van der Waals surface area contributed by atoms with Crippen molar-refractivity contribution in [1.82, 2.24) is 5.32 Å². The van der Waals surface area contributed by atoms with Crippen LogP contribution in [0.5, 0.6) is 0 Å². The Balaban J connectivity index is 2.15. The van der Waals surface area contributed by atoms with E-state index in [2.05, 4.69) is 5.32 Å². The third kappa shape index (κ3) is 2.82. The SMILES string of the molecule is OC(c1cccc(Cl)c1)(c1cccc(Cl)c1)C1CCCN1. The van der Waals surface area contributed by atoms with Crippen LogP contribution in [-0.4, -0.2) is 17.7 Å². The molecule has 0 radical (unpaired) electrons. The first kappa shape index (κ1) is 14.9. The molecule has 2 N–H and O–H groups in total. The molecular weight excluding hydrogens is 305 g/mol. The molecule has 2 aromatic rings. The molecule has 4 heteroatoms. The van der Waals surface area contributed by atoms with Crippen molar-refractivity contribution in [3.05, 3.63) is 69.7 Å². The Labute approximate surface area is 134 Å². The average Bonchev–Trinajstić information content (AvgIpc) is 3.01. The van der Waals surface area contributed by atoms with Gasteiger partial charge in [0, 0.05) is 16.1 Å². The van der Waals surface area contributed by atoms with Gasteiger partial charge in [-0.15, -0.1) is 0 Å². The first-order valence-electron chi connectivity index (χ1n) is 7.08. The van der Waals surface area contributed by atoms with Crippen LogP contribution in [0.15, 0.2) is 48.5 Å². The maximum atomic E-state index is 11.5. The highest BCUT2D eigenvalue weighted by Crippen LogP contribution is 2.38. The lowest BCUT2D eigenvalue weighted by Gasteiger charge is -2.35. The third-order valence-corrected chi connectivity index (χ3v) is 4.56. The second-order valence-corrected chi connectivity index (χ2v) is 6.31. The number of rotatable bonds is 3. The molecular formula is C17H17Cl2NO. The van der Waals surface area contributed by atoms with E-state index in [4.69, 9.17) is 23.2 Å². The average molecular weight is 322 g/mol. The van der Waals surface area contributed by atoms with Crippen LogP contribution in [0.1, 0.15) is 24.0 Å². The molecule has 0 bridgehead atoms. The zero-order valence-corrected chi connectivity index (χ0v) is 13.0. The van der Waals surface area contributed by atoms with Crippen LogP contribution < -0.4 is 5.32 Å². The van der Waals surface area contributed by atoms with Crippen molar-refractivity contribution >= 4 is 23.2 Å². The molecule has 110 valence electrons. The largest absolute Gasteiger partial charge is 0.379 e. The van der Waals surface area contributed by atoms with Crippen LogP contribution in [0.25, 0.3) is 0 Å². The lowest BCUT2D eigenvalue weighted by molar-refractivity contribution is 0.0442. The summed E-state index contributed by atoms with van der Waals surface area (Å²) in [6.07, 6.45) is 1.96. The minimum atomic E-state index is -1.13. The van der Waals surface area contributed by atoms with Gasteiger partial charge in [-0.05, 0) is 54.8 Å². The standard InChI is InChI=1S/C17H17Cl2NO/c18-14-6-1-4-12(10-14)17(21,16-8-3-9-20-16)13-5-2-7-15(19)11-13/h1-2,4-7,10-11,16,20-21H,3,8-9H2. The summed E-state index contributed by atoms with van der Waals surface area (Å²) in [7, 11) is 0. The second kappa shape index (κ2) is 5.98. The Bertz CT molecular complexity index is 593. The Morgan fingerprint density at radius 2 is 1.57 bits per heavy atom. The summed E-state index contributed by atoms with van der Waals surface area (Å²) in [6, 6.07) is 14.8.